The van der Waals surface area contributed by atoms with E-state index in [0.29, 0.717) is 19.6 Å². The van der Waals surface area contributed by atoms with Gasteiger partial charge in [-0.2, -0.15) is 0 Å². The SMILES string of the molecule is CC(C)NC(=O)N[C@H]1C[C@H]2CN(Cc3ccccc3)[C@@H](CNC(=O)C3CC3)C(=O)N2C1. The van der Waals surface area contributed by atoms with Gasteiger partial charge in [0.1, 0.15) is 6.04 Å². The van der Waals surface area contributed by atoms with Gasteiger partial charge in [-0.3, -0.25) is 14.5 Å². The van der Waals surface area contributed by atoms with Gasteiger partial charge in [0.05, 0.1) is 6.04 Å². The van der Waals surface area contributed by atoms with Crippen LogP contribution in [0.2, 0.25) is 0 Å². The third kappa shape index (κ3) is 5.36. The number of carbonyl (C=O) groups excluding carboxylic acids is 3. The van der Waals surface area contributed by atoms with E-state index < -0.39 is 0 Å². The molecule has 3 N–H and O–H groups in total. The average Bonchev–Trinajstić information content (AvgIpc) is 3.49. The van der Waals surface area contributed by atoms with Gasteiger partial charge < -0.3 is 20.9 Å². The van der Waals surface area contributed by atoms with E-state index in [2.05, 4.69) is 33.0 Å². The minimum Gasteiger partial charge on any atom is -0.354 e. The summed E-state index contributed by atoms with van der Waals surface area (Å²) < 4.78 is 0. The van der Waals surface area contributed by atoms with Gasteiger partial charge in [-0.1, -0.05) is 30.3 Å². The third-order valence-corrected chi connectivity index (χ3v) is 6.27. The minimum atomic E-state index is -0.387. The Balaban J connectivity index is 1.44. The zero-order chi connectivity index (χ0) is 22.0. The number of piperazine rings is 1. The Labute approximate surface area is 183 Å². The fraction of sp³-hybridized carbons (Fsp3) is 0.609. The first-order valence-corrected chi connectivity index (χ1v) is 11.3. The lowest BCUT2D eigenvalue weighted by Gasteiger charge is -2.42. The topological polar surface area (TPSA) is 93.8 Å². The highest BCUT2D eigenvalue weighted by atomic mass is 16.2. The van der Waals surface area contributed by atoms with E-state index in [1.165, 1.54) is 0 Å². The molecule has 0 unspecified atom stereocenters. The number of hydrogen-bond donors (Lipinski definition) is 3. The van der Waals surface area contributed by atoms with Crippen LogP contribution in [0.5, 0.6) is 0 Å². The van der Waals surface area contributed by atoms with E-state index in [9.17, 15) is 14.4 Å². The summed E-state index contributed by atoms with van der Waals surface area (Å²) in [5.74, 6) is 0.214. The van der Waals surface area contributed by atoms with Crippen LogP contribution in [-0.2, 0) is 16.1 Å². The van der Waals surface area contributed by atoms with Gasteiger partial charge in [-0.25, -0.2) is 4.79 Å². The predicted molar refractivity (Wildman–Crippen MR) is 117 cm³/mol. The van der Waals surface area contributed by atoms with Gasteiger partial charge in [-0.05, 0) is 38.7 Å². The van der Waals surface area contributed by atoms with Crippen molar-refractivity contribution in [1.29, 1.82) is 0 Å². The fourth-order valence-electron chi connectivity index (χ4n) is 4.60. The van der Waals surface area contributed by atoms with Gasteiger partial charge in [0.2, 0.25) is 11.8 Å². The molecule has 0 radical (unpaired) electrons. The summed E-state index contributed by atoms with van der Waals surface area (Å²) in [5, 5.41) is 8.86. The third-order valence-electron chi connectivity index (χ3n) is 6.27. The summed E-state index contributed by atoms with van der Waals surface area (Å²) in [6.45, 7) is 6.07. The predicted octanol–water partition coefficient (Wildman–Crippen LogP) is 1.07. The Morgan fingerprint density at radius 1 is 1.13 bits per heavy atom. The van der Waals surface area contributed by atoms with Crippen LogP contribution in [0, 0.1) is 5.92 Å². The van der Waals surface area contributed by atoms with Crippen molar-refractivity contribution in [2.75, 3.05) is 19.6 Å². The lowest BCUT2D eigenvalue weighted by atomic mass is 10.0. The monoisotopic (exact) mass is 427 g/mol. The van der Waals surface area contributed by atoms with Crippen LogP contribution in [0.3, 0.4) is 0 Å². The molecular weight excluding hydrogens is 394 g/mol. The van der Waals surface area contributed by atoms with Crippen LogP contribution in [-0.4, -0.2) is 71.4 Å². The molecule has 1 aromatic rings. The Kier molecular flexibility index (Phi) is 6.46. The maximum absolute atomic E-state index is 13.4. The molecule has 0 spiro atoms. The molecule has 1 aliphatic carbocycles. The molecular formula is C23H33N5O3. The number of benzene rings is 1. The van der Waals surface area contributed by atoms with Crippen LogP contribution < -0.4 is 16.0 Å². The van der Waals surface area contributed by atoms with Crippen molar-refractivity contribution in [3.8, 4) is 0 Å². The van der Waals surface area contributed by atoms with Crippen molar-refractivity contribution in [2.45, 2.75) is 63.8 Å². The molecule has 8 heteroatoms. The molecule has 0 aromatic heterocycles. The van der Waals surface area contributed by atoms with Gasteiger partial charge >= 0.3 is 6.03 Å². The van der Waals surface area contributed by atoms with E-state index in [-0.39, 0.29) is 47.9 Å². The summed E-state index contributed by atoms with van der Waals surface area (Å²) in [4.78, 5) is 41.8. The second-order valence-corrected chi connectivity index (χ2v) is 9.30. The number of nitrogens with zero attached hydrogens (tertiary/aromatic N) is 2. The first-order chi connectivity index (χ1) is 14.9. The lowest BCUT2D eigenvalue weighted by Crippen LogP contribution is -2.62. The summed E-state index contributed by atoms with van der Waals surface area (Å²) in [5.41, 5.74) is 1.14. The number of fused-ring (bicyclic) bond motifs is 1. The standard InChI is InChI=1S/C23H33N5O3/c1-15(2)25-23(31)26-18-10-19-14-27(12-16-6-4-3-5-7-16)20(22(30)28(19)13-18)11-24-21(29)17-8-9-17/h3-7,15,17-20H,8-14H2,1-2H3,(H,24,29)(H2,25,26,31)/t18-,19-,20-/m0/s1. The molecule has 3 aliphatic rings. The van der Waals surface area contributed by atoms with Crippen LogP contribution in [0.4, 0.5) is 4.79 Å². The van der Waals surface area contributed by atoms with Crippen LogP contribution in [0.1, 0.15) is 38.7 Å². The quantitative estimate of drug-likeness (QED) is 0.607. The van der Waals surface area contributed by atoms with Gasteiger partial charge in [0, 0.05) is 44.2 Å². The molecule has 1 aromatic carbocycles. The van der Waals surface area contributed by atoms with E-state index in [1.807, 2.05) is 36.9 Å². The second kappa shape index (κ2) is 9.26. The van der Waals surface area contributed by atoms with Crippen LogP contribution >= 0.6 is 0 Å². The van der Waals surface area contributed by atoms with Crippen LogP contribution in [0.15, 0.2) is 30.3 Å². The molecule has 2 saturated heterocycles. The first kappa shape index (κ1) is 21.6. The number of nitrogens with one attached hydrogen (secondary N) is 3. The maximum Gasteiger partial charge on any atom is 0.315 e. The Morgan fingerprint density at radius 3 is 2.55 bits per heavy atom. The first-order valence-electron chi connectivity index (χ1n) is 11.3. The molecule has 1 saturated carbocycles. The molecule has 4 rings (SSSR count). The number of amides is 4. The van der Waals surface area contributed by atoms with Crippen molar-refractivity contribution in [3.05, 3.63) is 35.9 Å². The van der Waals surface area contributed by atoms with Gasteiger partial charge in [0.15, 0.2) is 0 Å². The normalized spacial score (nSPS) is 26.0. The molecule has 8 nitrogen and oxygen atoms in total. The molecule has 4 amide bonds. The van der Waals surface area contributed by atoms with Crippen molar-refractivity contribution in [2.24, 2.45) is 5.92 Å². The average molecular weight is 428 g/mol. The maximum atomic E-state index is 13.4. The summed E-state index contributed by atoms with van der Waals surface area (Å²) in [6.07, 6.45) is 2.63. The molecule has 2 heterocycles. The summed E-state index contributed by atoms with van der Waals surface area (Å²) >= 11 is 0. The molecule has 2 aliphatic heterocycles. The minimum absolute atomic E-state index is 0.0387. The zero-order valence-corrected chi connectivity index (χ0v) is 18.3. The molecule has 3 fully saturated rings. The highest BCUT2D eigenvalue weighted by Crippen LogP contribution is 2.30. The van der Waals surface area contributed by atoms with E-state index in [4.69, 9.17) is 0 Å². The zero-order valence-electron chi connectivity index (χ0n) is 18.3. The molecule has 0 bridgehead atoms. The number of rotatable bonds is 7. The second-order valence-electron chi connectivity index (χ2n) is 9.30. The highest BCUT2D eigenvalue weighted by molar-refractivity contribution is 5.86. The molecule has 168 valence electrons. The van der Waals surface area contributed by atoms with Gasteiger partial charge in [0.25, 0.3) is 0 Å². The smallest absolute Gasteiger partial charge is 0.315 e. The molecule has 3 atom stereocenters. The summed E-state index contributed by atoms with van der Waals surface area (Å²) in [6, 6.07) is 9.59. The summed E-state index contributed by atoms with van der Waals surface area (Å²) in [7, 11) is 0. The van der Waals surface area contributed by atoms with E-state index >= 15 is 0 Å². The Morgan fingerprint density at radius 2 is 1.87 bits per heavy atom. The van der Waals surface area contributed by atoms with Crippen molar-refractivity contribution in [1.82, 2.24) is 25.8 Å². The van der Waals surface area contributed by atoms with Crippen LogP contribution in [0.25, 0.3) is 0 Å². The van der Waals surface area contributed by atoms with E-state index in [1.54, 1.807) is 0 Å². The Bertz CT molecular complexity index is 811. The number of hydrogen-bond acceptors (Lipinski definition) is 4. The van der Waals surface area contributed by atoms with Crippen molar-refractivity contribution >= 4 is 17.8 Å². The molecule has 31 heavy (non-hydrogen) atoms. The van der Waals surface area contributed by atoms with Crippen molar-refractivity contribution in [3.63, 3.8) is 0 Å². The fourth-order valence-corrected chi connectivity index (χ4v) is 4.60. The van der Waals surface area contributed by atoms with E-state index in [0.717, 1.165) is 31.4 Å². The number of urea groups is 1. The number of carbonyl (C=O) groups is 3. The largest absolute Gasteiger partial charge is 0.354 e. The lowest BCUT2D eigenvalue weighted by molar-refractivity contribution is -0.144. The van der Waals surface area contributed by atoms with Crippen molar-refractivity contribution < 1.29 is 14.4 Å². The Hall–Kier alpha value is -2.61. The van der Waals surface area contributed by atoms with Gasteiger partial charge in [-0.15, -0.1) is 0 Å². The highest BCUT2D eigenvalue weighted by Gasteiger charge is 2.46.